The van der Waals surface area contributed by atoms with Gasteiger partial charge >= 0.3 is 12.2 Å². The number of likely N-dealkylation sites (tertiary alicyclic amines) is 2. The molecule has 8 rings (SSSR count). The minimum atomic E-state index is -0.735. The van der Waals surface area contributed by atoms with Gasteiger partial charge in [0.05, 0.1) is 48.7 Å². The Balaban J connectivity index is 0.982. The molecule has 3 fully saturated rings. The summed E-state index contributed by atoms with van der Waals surface area (Å²) in [5.41, 5.74) is 5.63. The number of alkyl carbamates (subject to hydrolysis) is 2. The van der Waals surface area contributed by atoms with Crippen LogP contribution >= 0.6 is 0 Å². The van der Waals surface area contributed by atoms with Crippen LogP contribution in [0.25, 0.3) is 22.2 Å². The number of anilines is 2. The van der Waals surface area contributed by atoms with E-state index in [0.717, 1.165) is 59.2 Å². The zero-order chi connectivity index (χ0) is 44.1. The van der Waals surface area contributed by atoms with Crippen LogP contribution in [-0.2, 0) is 19.1 Å². The van der Waals surface area contributed by atoms with E-state index in [0.29, 0.717) is 23.2 Å². The van der Waals surface area contributed by atoms with Crippen LogP contribution in [0.2, 0.25) is 0 Å². The molecule has 1 aromatic heterocycles. The lowest BCUT2D eigenvalue weighted by Crippen LogP contribution is -2.60. The minimum absolute atomic E-state index is 0.0544. The Hall–Kier alpha value is -5.99. The number of carbonyl (C=O) groups excluding carboxylic acids is 4. The topological polar surface area (TPSA) is 170 Å². The van der Waals surface area contributed by atoms with Gasteiger partial charge in [-0.3, -0.25) is 9.59 Å². The SMILES string of the molecule is COC(=O)NC(C(=O)N1[C@@H]2CCC2C[C@H]1C1Nc2ccc(-c3cccc(Oc4ccc5nc([C@@H]6C[C@@H](C)[C@@H](C)N6C(=O)[C@@H](NC(=O)OC)C(C)C)[nH]c5c4)c3)cc2N1C)C(C)C. The number of hydrogen-bond donors (Lipinski definition) is 4. The van der Waals surface area contributed by atoms with E-state index < -0.39 is 24.3 Å². The Morgan fingerprint density at radius 1 is 0.774 bits per heavy atom. The number of imidazole rings is 1. The highest BCUT2D eigenvalue weighted by Crippen LogP contribution is 2.49. The molecule has 0 bridgehead atoms. The number of nitrogens with one attached hydrogen (secondary N) is 4. The summed E-state index contributed by atoms with van der Waals surface area (Å²) in [4.78, 5) is 67.2. The lowest BCUT2D eigenvalue weighted by Gasteiger charge is -2.42. The number of fused-ring (bicyclic) bond motifs is 3. The van der Waals surface area contributed by atoms with Crippen molar-refractivity contribution in [2.75, 3.05) is 31.5 Å². The molecule has 3 aliphatic heterocycles. The molecule has 3 unspecified atom stereocenters. The Morgan fingerprint density at radius 3 is 2.08 bits per heavy atom. The van der Waals surface area contributed by atoms with Crippen LogP contribution in [0.1, 0.15) is 79.1 Å². The molecule has 0 radical (unpaired) electrons. The van der Waals surface area contributed by atoms with Crippen molar-refractivity contribution in [3.05, 3.63) is 66.5 Å². The van der Waals surface area contributed by atoms with Gasteiger partial charge in [-0.25, -0.2) is 14.6 Å². The van der Waals surface area contributed by atoms with Gasteiger partial charge in [0.15, 0.2) is 0 Å². The third-order valence-electron chi connectivity index (χ3n) is 13.8. The summed E-state index contributed by atoms with van der Waals surface area (Å²) in [5.74, 6) is 2.23. The van der Waals surface area contributed by atoms with Crippen molar-refractivity contribution in [1.82, 2.24) is 30.4 Å². The number of ether oxygens (including phenoxy) is 3. The van der Waals surface area contributed by atoms with Gasteiger partial charge in [0.25, 0.3) is 0 Å². The number of aromatic nitrogens is 2. The van der Waals surface area contributed by atoms with Crippen LogP contribution in [0.5, 0.6) is 11.5 Å². The van der Waals surface area contributed by atoms with Gasteiger partial charge in [-0.15, -0.1) is 0 Å². The highest BCUT2D eigenvalue weighted by Gasteiger charge is 2.54. The Labute approximate surface area is 363 Å². The van der Waals surface area contributed by atoms with E-state index in [1.807, 2.05) is 75.9 Å². The second-order valence-corrected chi connectivity index (χ2v) is 18.2. The molecule has 4 aliphatic rings. The number of aromatic amines is 1. The third kappa shape index (κ3) is 7.85. The van der Waals surface area contributed by atoms with Crippen LogP contribution in [-0.4, -0.2) is 101 Å². The maximum absolute atomic E-state index is 14.2. The summed E-state index contributed by atoms with van der Waals surface area (Å²) in [6.45, 7) is 11.9. The number of hydrogen-bond acceptors (Lipinski definition) is 10. The molecule has 3 aromatic carbocycles. The molecule has 4 N–H and O–H groups in total. The standard InChI is InChI=1S/C47H60N8O7/c1-24(2)40(51-46(58)60-8)44(56)54-27(6)26(5)19-38(54)42-48-33-17-15-32(23-35(33)49-42)62-31-12-10-11-28(20-31)29-13-16-34-37(21-29)53(7)43(50-34)39-22-30-14-18-36(30)55(39)45(57)41(25(3)4)52-47(59)61-9/h10-13,15-17,20-21,23-27,30,36,38-41,43,50H,14,18-19,22H2,1-9H3,(H,48,49)(H,51,58)(H,52,59)/t26-,27-,30?,36-,38+,39+,40+,41?,43?/m1/s1. The van der Waals surface area contributed by atoms with Gasteiger partial charge < -0.3 is 49.8 Å². The van der Waals surface area contributed by atoms with Crippen molar-refractivity contribution >= 4 is 46.4 Å². The molecular weight excluding hydrogens is 789 g/mol. The highest BCUT2D eigenvalue weighted by molar-refractivity contribution is 5.89. The first-order valence-electron chi connectivity index (χ1n) is 21.9. The van der Waals surface area contributed by atoms with Crippen LogP contribution in [0.3, 0.4) is 0 Å². The van der Waals surface area contributed by atoms with Crippen molar-refractivity contribution in [3.63, 3.8) is 0 Å². The number of amides is 4. The molecule has 2 saturated heterocycles. The van der Waals surface area contributed by atoms with Crippen LogP contribution in [0, 0.1) is 23.7 Å². The normalized spacial score (nSPS) is 24.9. The number of H-pyrrole nitrogens is 1. The van der Waals surface area contributed by atoms with E-state index in [9.17, 15) is 19.2 Å². The molecule has 4 amide bonds. The summed E-state index contributed by atoms with van der Waals surface area (Å²) in [6.07, 6.45) is 2.34. The molecular formula is C47H60N8O7. The predicted octanol–water partition coefficient (Wildman–Crippen LogP) is 7.65. The average Bonchev–Trinajstić information content (AvgIpc) is 3.97. The van der Waals surface area contributed by atoms with Crippen molar-refractivity contribution in [1.29, 1.82) is 0 Å². The van der Waals surface area contributed by atoms with Crippen LogP contribution < -0.4 is 25.6 Å². The molecule has 1 aliphatic carbocycles. The highest BCUT2D eigenvalue weighted by atomic mass is 16.5. The molecule has 15 heteroatoms. The fourth-order valence-electron chi connectivity index (χ4n) is 10.00. The number of likely N-dealkylation sites (N-methyl/N-ethyl adjacent to an activating group) is 1. The summed E-state index contributed by atoms with van der Waals surface area (Å²) in [7, 11) is 4.69. The Bertz CT molecular complexity index is 2350. The maximum Gasteiger partial charge on any atom is 0.407 e. The van der Waals surface area contributed by atoms with E-state index in [1.165, 1.54) is 14.2 Å². The van der Waals surface area contributed by atoms with Crippen LogP contribution in [0.15, 0.2) is 60.7 Å². The quantitative estimate of drug-likeness (QED) is 0.118. The zero-order valence-corrected chi connectivity index (χ0v) is 37.1. The lowest BCUT2D eigenvalue weighted by molar-refractivity contribution is -0.139. The van der Waals surface area contributed by atoms with Gasteiger partial charge in [-0.1, -0.05) is 52.8 Å². The monoisotopic (exact) mass is 848 g/mol. The van der Waals surface area contributed by atoms with E-state index in [1.54, 1.807) is 0 Å². The second-order valence-electron chi connectivity index (χ2n) is 18.2. The molecule has 330 valence electrons. The maximum atomic E-state index is 14.2. The number of benzene rings is 3. The Kier molecular flexibility index (Phi) is 11.7. The Morgan fingerprint density at radius 2 is 1.44 bits per heavy atom. The molecule has 15 nitrogen and oxygen atoms in total. The summed E-state index contributed by atoms with van der Waals surface area (Å²) >= 11 is 0. The summed E-state index contributed by atoms with van der Waals surface area (Å²) in [5, 5.41) is 9.27. The molecule has 4 aromatic rings. The molecule has 4 heterocycles. The van der Waals surface area contributed by atoms with Gasteiger partial charge in [0, 0.05) is 25.2 Å². The van der Waals surface area contributed by atoms with E-state index in [-0.39, 0.29) is 59.9 Å². The van der Waals surface area contributed by atoms with Gasteiger partial charge in [0.2, 0.25) is 11.8 Å². The first kappa shape index (κ1) is 42.7. The fraction of sp³-hybridized carbons (Fsp3) is 0.511. The van der Waals surface area contributed by atoms with Gasteiger partial charge in [-0.05, 0) is 104 Å². The van der Waals surface area contributed by atoms with Gasteiger partial charge in [0.1, 0.15) is 35.6 Å². The molecule has 62 heavy (non-hydrogen) atoms. The third-order valence-corrected chi connectivity index (χ3v) is 13.8. The fourth-order valence-corrected chi connectivity index (χ4v) is 10.00. The van der Waals surface area contributed by atoms with Gasteiger partial charge in [-0.2, -0.15) is 0 Å². The lowest BCUT2D eigenvalue weighted by atomic mass is 9.80. The first-order valence-corrected chi connectivity index (χ1v) is 21.9. The number of carbonyl (C=O) groups is 4. The van der Waals surface area contributed by atoms with Crippen molar-refractivity contribution in [3.8, 4) is 22.6 Å². The predicted molar refractivity (Wildman–Crippen MR) is 237 cm³/mol. The van der Waals surface area contributed by atoms with Crippen molar-refractivity contribution in [2.45, 2.75) is 110 Å². The molecule has 9 atom stereocenters. The van der Waals surface area contributed by atoms with E-state index in [2.05, 4.69) is 69.0 Å². The molecule has 1 saturated carbocycles. The minimum Gasteiger partial charge on any atom is -0.457 e. The number of rotatable bonds is 11. The number of methoxy groups -OCH3 is 2. The van der Waals surface area contributed by atoms with Crippen molar-refractivity contribution in [2.24, 2.45) is 23.7 Å². The van der Waals surface area contributed by atoms with Crippen molar-refractivity contribution < 1.29 is 33.4 Å². The zero-order valence-electron chi connectivity index (χ0n) is 37.1. The second kappa shape index (κ2) is 17.1. The first-order chi connectivity index (χ1) is 29.7. The average molecular weight is 849 g/mol. The smallest absolute Gasteiger partial charge is 0.407 e. The van der Waals surface area contributed by atoms with Crippen LogP contribution in [0.4, 0.5) is 21.0 Å². The summed E-state index contributed by atoms with van der Waals surface area (Å²) < 4.78 is 16.1. The number of nitrogens with zero attached hydrogens (tertiary/aromatic N) is 4. The molecule has 0 spiro atoms. The van der Waals surface area contributed by atoms with E-state index >= 15 is 0 Å². The largest absolute Gasteiger partial charge is 0.457 e. The van der Waals surface area contributed by atoms with E-state index in [4.69, 9.17) is 19.2 Å². The summed E-state index contributed by atoms with van der Waals surface area (Å²) in [6, 6.07) is 18.5.